The number of methoxy groups -OCH3 is 1. The molecule has 1 aromatic heterocycles. The molecule has 15 heteroatoms. The quantitative estimate of drug-likeness (QED) is 0.150. The normalized spacial score (nSPS) is 29.0. The van der Waals surface area contributed by atoms with E-state index in [0.29, 0.717) is 16.7 Å². The average molecular weight is 847 g/mol. The topological polar surface area (TPSA) is 181 Å². The van der Waals surface area contributed by atoms with Gasteiger partial charge in [-0.3, -0.25) is 24.0 Å². The van der Waals surface area contributed by atoms with Gasteiger partial charge in [-0.1, -0.05) is 6.08 Å². The highest BCUT2D eigenvalue weighted by Gasteiger charge is 2.56. The van der Waals surface area contributed by atoms with E-state index in [2.05, 4.69) is 0 Å². The average Bonchev–Trinajstić information content (AvgIpc) is 3.17. The van der Waals surface area contributed by atoms with Gasteiger partial charge in [0, 0.05) is 50.6 Å². The number of aromatic hydroxyl groups is 1. The Balaban J connectivity index is 1.74. The number of carbonyl (C=O) groups excluding carboxylic acids is 4. The summed E-state index contributed by atoms with van der Waals surface area (Å²) in [6.45, 7) is 14.6. The summed E-state index contributed by atoms with van der Waals surface area (Å²) in [6.07, 6.45) is -2.33. The summed E-state index contributed by atoms with van der Waals surface area (Å²) in [5, 5.41) is 13.1. The van der Waals surface area contributed by atoms with E-state index in [-0.39, 0.29) is 57.4 Å². The molecule has 2 aliphatic heterocycles. The highest BCUT2D eigenvalue weighted by molar-refractivity contribution is 6.17. The molecule has 0 saturated carbocycles. The van der Waals surface area contributed by atoms with Crippen LogP contribution in [0.25, 0.3) is 16.5 Å². The lowest BCUT2D eigenvalue weighted by Gasteiger charge is -2.51. The van der Waals surface area contributed by atoms with E-state index in [1.54, 1.807) is 52.8 Å². The van der Waals surface area contributed by atoms with Crippen molar-refractivity contribution in [3.05, 3.63) is 79.2 Å². The fraction of sp³-hybridized carbons (Fsp3) is 0.543. The minimum Gasteiger partial charge on any atom is -0.507 e. The molecule has 9 atom stereocenters. The zero-order chi connectivity index (χ0) is 45.2. The van der Waals surface area contributed by atoms with Crippen molar-refractivity contribution in [2.75, 3.05) is 35.3 Å². The number of phenols is 1. The SMILES string of the molecule is C/C=C(/C)c1cc(=O)c2c(C)cc3c(c2o1)[C@](OC)(OC(C)=O)c1c(O)c([C@H]2C[C@](C)(N(C)C)[C@H](OC(C)=O)[C@H](C)O2)cc([C@H]2C[C@@H](N(C)C)[C@H](OC(C)=O)[C@@H](C)O2)c1C3=O. The lowest BCUT2D eigenvalue weighted by molar-refractivity contribution is -0.208. The summed E-state index contributed by atoms with van der Waals surface area (Å²) in [5.74, 6) is -4.99. The number of ketones is 1. The number of allylic oxidation sites excluding steroid dienone is 2. The van der Waals surface area contributed by atoms with Crippen molar-refractivity contribution in [3.8, 4) is 5.75 Å². The van der Waals surface area contributed by atoms with Crippen LogP contribution >= 0.6 is 0 Å². The maximum atomic E-state index is 15.5. The molecule has 2 saturated heterocycles. The first-order chi connectivity index (χ1) is 28.5. The smallest absolute Gasteiger partial charge is 0.305 e. The number of fused-ring (bicyclic) bond motifs is 4. The van der Waals surface area contributed by atoms with Crippen LogP contribution in [0.2, 0.25) is 0 Å². The highest BCUT2D eigenvalue weighted by atomic mass is 16.7. The Hall–Kier alpha value is -4.93. The van der Waals surface area contributed by atoms with Crippen LogP contribution in [-0.4, -0.2) is 110 Å². The number of aryl methyl sites for hydroxylation is 1. The van der Waals surface area contributed by atoms with Crippen molar-refractivity contribution >= 4 is 40.2 Å². The molecule has 2 fully saturated rings. The number of esters is 3. The van der Waals surface area contributed by atoms with Gasteiger partial charge in [0.2, 0.25) is 0 Å². The Kier molecular flexibility index (Phi) is 12.5. The number of ether oxygens (including phenoxy) is 6. The summed E-state index contributed by atoms with van der Waals surface area (Å²) < 4.78 is 44.0. The van der Waals surface area contributed by atoms with Crippen LogP contribution in [0.5, 0.6) is 5.75 Å². The van der Waals surface area contributed by atoms with E-state index in [1.807, 2.05) is 44.9 Å². The van der Waals surface area contributed by atoms with Crippen LogP contribution in [-0.2, 0) is 48.6 Å². The number of hydrogen-bond acceptors (Lipinski definition) is 15. The molecule has 1 aliphatic carbocycles. The van der Waals surface area contributed by atoms with Crippen molar-refractivity contribution in [1.29, 1.82) is 0 Å². The molecular weight excluding hydrogens is 789 g/mol. The van der Waals surface area contributed by atoms with Crippen LogP contribution < -0.4 is 5.43 Å². The van der Waals surface area contributed by atoms with E-state index in [0.717, 1.165) is 0 Å². The predicted molar refractivity (Wildman–Crippen MR) is 224 cm³/mol. The third kappa shape index (κ3) is 7.68. The van der Waals surface area contributed by atoms with Gasteiger partial charge in [0.1, 0.15) is 29.3 Å². The number of carbonyl (C=O) groups is 4. The number of rotatable bonds is 9. The standard InChI is InChI=1S/C46H58N2O13/c1-15-21(2)33-19-32(52)36-22(3)16-30-38(43(36)60-33)46(55-14,61-27(8)51)39-37(40(30)53)28(34-18-31(47(10)11)42(23(4)56-34)58-25(6)49)17-29(41(39)54)35-20-45(9,48(12)13)44(24(5)57-35)59-26(7)50/h15-17,19,23-24,31,34-35,42,44,54H,18,20H2,1-14H3/b21-15-/t23-,24+,31-,34-,35-,42-,44-,45+,46+/m1/s1. The van der Waals surface area contributed by atoms with Crippen molar-refractivity contribution in [1.82, 2.24) is 9.80 Å². The van der Waals surface area contributed by atoms with Crippen LogP contribution in [0.15, 0.2) is 33.5 Å². The second-order valence-electron chi connectivity index (χ2n) is 17.1. The molecule has 0 radical (unpaired) electrons. The van der Waals surface area contributed by atoms with Gasteiger partial charge in [0.25, 0.3) is 5.79 Å². The van der Waals surface area contributed by atoms with E-state index >= 15 is 4.79 Å². The molecule has 2 aromatic carbocycles. The van der Waals surface area contributed by atoms with Crippen LogP contribution in [0.1, 0.15) is 130 Å². The Bertz CT molecular complexity index is 2380. The van der Waals surface area contributed by atoms with Crippen molar-refractivity contribution in [2.24, 2.45) is 0 Å². The van der Waals surface area contributed by atoms with Gasteiger partial charge in [-0.05, 0) is 111 Å². The lowest BCUT2D eigenvalue weighted by atomic mass is 9.72. The fourth-order valence-electron chi connectivity index (χ4n) is 9.49. The Morgan fingerprint density at radius 3 is 2.08 bits per heavy atom. The summed E-state index contributed by atoms with van der Waals surface area (Å²) >= 11 is 0. The number of hydrogen-bond donors (Lipinski definition) is 1. The van der Waals surface area contributed by atoms with E-state index in [9.17, 15) is 24.3 Å². The maximum Gasteiger partial charge on any atom is 0.305 e. The van der Waals surface area contributed by atoms with Gasteiger partial charge in [-0.25, -0.2) is 0 Å². The molecule has 330 valence electrons. The highest BCUT2D eigenvalue weighted by Crippen LogP contribution is 2.56. The van der Waals surface area contributed by atoms with Crippen LogP contribution in [0.4, 0.5) is 0 Å². The number of benzene rings is 2. The Labute approximate surface area is 355 Å². The second-order valence-corrected chi connectivity index (χ2v) is 17.1. The van der Waals surface area contributed by atoms with Crippen molar-refractivity contribution < 1.29 is 57.1 Å². The van der Waals surface area contributed by atoms with Crippen molar-refractivity contribution in [3.63, 3.8) is 0 Å². The molecule has 3 aromatic rings. The van der Waals surface area contributed by atoms with E-state index in [4.69, 9.17) is 32.8 Å². The molecule has 3 heterocycles. The molecule has 61 heavy (non-hydrogen) atoms. The van der Waals surface area contributed by atoms with Gasteiger partial charge in [-0.15, -0.1) is 0 Å². The molecule has 1 N–H and O–H groups in total. The lowest BCUT2D eigenvalue weighted by Crippen LogP contribution is -2.61. The third-order valence-corrected chi connectivity index (χ3v) is 12.8. The van der Waals surface area contributed by atoms with E-state index in [1.165, 1.54) is 33.9 Å². The van der Waals surface area contributed by atoms with Gasteiger partial charge in [0.05, 0.1) is 52.5 Å². The Morgan fingerprint density at radius 2 is 1.52 bits per heavy atom. The van der Waals surface area contributed by atoms with Crippen LogP contribution in [0.3, 0.4) is 0 Å². The summed E-state index contributed by atoms with van der Waals surface area (Å²) in [7, 11) is 8.71. The second kappa shape index (κ2) is 16.7. The number of nitrogens with zero attached hydrogens (tertiary/aromatic N) is 2. The molecule has 0 unspecified atom stereocenters. The van der Waals surface area contributed by atoms with Gasteiger partial charge < -0.3 is 47.7 Å². The minimum atomic E-state index is -2.38. The predicted octanol–water partition coefficient (Wildman–Crippen LogP) is 6.00. The fourth-order valence-corrected chi connectivity index (χ4v) is 9.49. The van der Waals surface area contributed by atoms with E-state index < -0.39 is 88.9 Å². The zero-order valence-corrected chi connectivity index (χ0v) is 37.5. The molecule has 0 amide bonds. The zero-order valence-electron chi connectivity index (χ0n) is 37.5. The summed E-state index contributed by atoms with van der Waals surface area (Å²) in [6, 6.07) is 4.20. The minimum absolute atomic E-state index is 0.0187. The molecule has 15 nitrogen and oxygen atoms in total. The van der Waals surface area contributed by atoms with Crippen molar-refractivity contribution in [2.45, 2.75) is 129 Å². The van der Waals surface area contributed by atoms with Gasteiger partial charge in [0.15, 0.2) is 11.2 Å². The van der Waals surface area contributed by atoms with Gasteiger partial charge in [-0.2, -0.15) is 0 Å². The first-order valence-electron chi connectivity index (χ1n) is 20.5. The largest absolute Gasteiger partial charge is 0.507 e. The number of likely N-dealkylation sites (N-methyl/N-ethyl adjacent to an activating group) is 2. The molecule has 6 rings (SSSR count). The number of phenolic OH excluding ortho intramolecular Hbond substituents is 1. The Morgan fingerprint density at radius 1 is 0.885 bits per heavy atom. The molecule has 0 spiro atoms. The molecule has 0 bridgehead atoms. The van der Waals surface area contributed by atoms with Crippen LogP contribution in [0, 0.1) is 6.92 Å². The first-order valence-corrected chi connectivity index (χ1v) is 20.5. The van der Waals surface area contributed by atoms with Gasteiger partial charge >= 0.3 is 17.9 Å². The summed E-state index contributed by atoms with van der Waals surface area (Å²) in [4.78, 5) is 71.4. The monoisotopic (exact) mass is 846 g/mol. The first kappa shape index (κ1) is 45.6. The third-order valence-electron chi connectivity index (χ3n) is 12.8. The molecule has 3 aliphatic rings. The maximum absolute atomic E-state index is 15.5. The summed E-state index contributed by atoms with van der Waals surface area (Å²) in [5.41, 5.74) is -0.0139. The molecular formula is C46H58N2O13.